The molecule has 18 heavy (non-hydrogen) atoms. The van der Waals surface area contributed by atoms with Gasteiger partial charge in [0.25, 0.3) is 6.43 Å². The van der Waals surface area contributed by atoms with E-state index in [1.807, 2.05) is 0 Å². The minimum absolute atomic E-state index is 0.0781. The van der Waals surface area contributed by atoms with E-state index in [-0.39, 0.29) is 5.56 Å². The van der Waals surface area contributed by atoms with Crippen LogP contribution in [0.3, 0.4) is 0 Å². The van der Waals surface area contributed by atoms with Crippen molar-refractivity contribution in [2.75, 3.05) is 13.1 Å². The Balaban J connectivity index is 2.66. The van der Waals surface area contributed by atoms with E-state index in [1.165, 1.54) is 17.7 Å². The van der Waals surface area contributed by atoms with Crippen molar-refractivity contribution in [2.45, 2.75) is 33.1 Å². The molecule has 0 aromatic heterocycles. The summed E-state index contributed by atoms with van der Waals surface area (Å²) in [6.45, 7) is 6.10. The summed E-state index contributed by atoms with van der Waals surface area (Å²) in [6.07, 6.45) is 1.76. The summed E-state index contributed by atoms with van der Waals surface area (Å²) in [7, 11) is 0. The fraction of sp³-hybridized carbons (Fsp3) is 0.467. The van der Waals surface area contributed by atoms with E-state index in [0.29, 0.717) is 0 Å². The van der Waals surface area contributed by atoms with Crippen LogP contribution in [-0.2, 0) is 0 Å². The maximum Gasteiger partial charge on any atom is 0.263 e. The van der Waals surface area contributed by atoms with Crippen molar-refractivity contribution in [1.82, 2.24) is 5.32 Å². The normalized spacial score (nSPS) is 12.2. The molecule has 0 atom stereocenters. The first-order valence-electron chi connectivity index (χ1n) is 6.45. The summed E-state index contributed by atoms with van der Waals surface area (Å²) in [5.41, 5.74) is 2.34. The molecule has 0 heterocycles. The average Bonchev–Trinajstić information content (AvgIpc) is 2.38. The SMILES string of the molecule is CCCNC/C(=C/c1ccc(C(F)F)cc1)CC. The van der Waals surface area contributed by atoms with E-state index in [4.69, 9.17) is 0 Å². The van der Waals surface area contributed by atoms with Crippen molar-refractivity contribution < 1.29 is 8.78 Å². The summed E-state index contributed by atoms with van der Waals surface area (Å²) in [5.74, 6) is 0. The van der Waals surface area contributed by atoms with E-state index in [1.54, 1.807) is 12.1 Å². The smallest absolute Gasteiger partial charge is 0.263 e. The second-order valence-electron chi connectivity index (χ2n) is 4.30. The molecule has 1 nitrogen and oxygen atoms in total. The Bertz CT molecular complexity index is 369. The number of rotatable bonds is 7. The van der Waals surface area contributed by atoms with E-state index in [2.05, 4.69) is 25.2 Å². The molecule has 1 rings (SSSR count). The molecule has 0 saturated heterocycles. The molecule has 0 saturated carbocycles. The van der Waals surface area contributed by atoms with Crippen LogP contribution in [0.25, 0.3) is 6.08 Å². The highest BCUT2D eigenvalue weighted by Gasteiger charge is 2.05. The van der Waals surface area contributed by atoms with Gasteiger partial charge in [0.1, 0.15) is 0 Å². The number of alkyl halides is 2. The highest BCUT2D eigenvalue weighted by Crippen LogP contribution is 2.19. The fourth-order valence-electron chi connectivity index (χ4n) is 1.68. The molecule has 1 N–H and O–H groups in total. The largest absolute Gasteiger partial charge is 0.313 e. The van der Waals surface area contributed by atoms with Crippen molar-refractivity contribution >= 4 is 6.08 Å². The number of hydrogen-bond donors (Lipinski definition) is 1. The molecule has 0 spiro atoms. The first-order valence-corrected chi connectivity index (χ1v) is 6.45. The van der Waals surface area contributed by atoms with Gasteiger partial charge in [0.05, 0.1) is 0 Å². The second kappa shape index (κ2) is 7.98. The fourth-order valence-corrected chi connectivity index (χ4v) is 1.68. The number of benzene rings is 1. The van der Waals surface area contributed by atoms with Crippen LogP contribution in [0.15, 0.2) is 29.8 Å². The molecular formula is C15H21F2N. The lowest BCUT2D eigenvalue weighted by Crippen LogP contribution is -2.17. The third kappa shape index (κ3) is 4.96. The Labute approximate surface area is 108 Å². The van der Waals surface area contributed by atoms with Crippen molar-refractivity contribution in [2.24, 2.45) is 0 Å². The molecule has 0 fully saturated rings. The molecule has 0 amide bonds. The first kappa shape index (κ1) is 14.8. The minimum atomic E-state index is -2.39. The van der Waals surface area contributed by atoms with Crippen molar-refractivity contribution in [1.29, 1.82) is 0 Å². The van der Waals surface area contributed by atoms with Gasteiger partial charge < -0.3 is 5.32 Å². The molecule has 0 aliphatic rings. The zero-order chi connectivity index (χ0) is 13.4. The zero-order valence-electron chi connectivity index (χ0n) is 11.0. The maximum absolute atomic E-state index is 12.4. The van der Waals surface area contributed by atoms with Gasteiger partial charge in [-0.1, -0.05) is 49.8 Å². The van der Waals surface area contributed by atoms with Crippen molar-refractivity contribution in [3.05, 3.63) is 41.0 Å². The predicted octanol–water partition coefficient (Wildman–Crippen LogP) is 4.42. The Kier molecular flexibility index (Phi) is 6.58. The van der Waals surface area contributed by atoms with E-state index >= 15 is 0 Å². The van der Waals surface area contributed by atoms with Gasteiger partial charge in [-0.2, -0.15) is 0 Å². The quantitative estimate of drug-likeness (QED) is 0.709. The standard InChI is InChI=1S/C15H21F2N/c1-3-9-18-11-12(4-2)10-13-5-7-14(8-6-13)15(16)17/h5-8,10,15,18H,3-4,9,11H2,1-2H3/b12-10+. The second-order valence-corrected chi connectivity index (χ2v) is 4.30. The third-order valence-corrected chi connectivity index (χ3v) is 2.79. The molecule has 0 unspecified atom stereocenters. The molecule has 3 heteroatoms. The molecule has 0 aliphatic heterocycles. The molecule has 1 aromatic carbocycles. The van der Waals surface area contributed by atoms with Gasteiger partial charge in [0.2, 0.25) is 0 Å². The molecule has 100 valence electrons. The van der Waals surface area contributed by atoms with Crippen LogP contribution in [0, 0.1) is 0 Å². The van der Waals surface area contributed by atoms with Gasteiger partial charge in [-0.05, 0) is 24.9 Å². The van der Waals surface area contributed by atoms with Crippen LogP contribution in [0.1, 0.15) is 44.2 Å². The lowest BCUT2D eigenvalue weighted by atomic mass is 10.1. The van der Waals surface area contributed by atoms with E-state index in [9.17, 15) is 8.78 Å². The van der Waals surface area contributed by atoms with Gasteiger partial charge in [0.15, 0.2) is 0 Å². The zero-order valence-corrected chi connectivity index (χ0v) is 11.0. The van der Waals surface area contributed by atoms with E-state index in [0.717, 1.165) is 31.5 Å². The van der Waals surface area contributed by atoms with Gasteiger partial charge in [-0.25, -0.2) is 8.78 Å². The number of halogens is 2. The maximum atomic E-state index is 12.4. The molecular weight excluding hydrogens is 232 g/mol. The van der Waals surface area contributed by atoms with Crippen LogP contribution in [0.2, 0.25) is 0 Å². The summed E-state index contributed by atoms with van der Waals surface area (Å²) in [4.78, 5) is 0. The third-order valence-electron chi connectivity index (χ3n) is 2.79. The van der Waals surface area contributed by atoms with Crippen LogP contribution < -0.4 is 5.32 Å². The highest BCUT2D eigenvalue weighted by molar-refractivity contribution is 5.53. The Morgan fingerprint density at radius 1 is 1.22 bits per heavy atom. The Morgan fingerprint density at radius 3 is 2.39 bits per heavy atom. The first-order chi connectivity index (χ1) is 8.67. The summed E-state index contributed by atoms with van der Waals surface area (Å²) >= 11 is 0. The lowest BCUT2D eigenvalue weighted by molar-refractivity contribution is 0.151. The van der Waals surface area contributed by atoms with Crippen LogP contribution in [0.5, 0.6) is 0 Å². The highest BCUT2D eigenvalue weighted by atomic mass is 19.3. The average molecular weight is 253 g/mol. The molecule has 0 radical (unpaired) electrons. The van der Waals surface area contributed by atoms with E-state index < -0.39 is 6.43 Å². The Hall–Kier alpha value is -1.22. The molecule has 0 aliphatic carbocycles. The summed E-state index contributed by atoms with van der Waals surface area (Å²) < 4.78 is 24.8. The predicted molar refractivity (Wildman–Crippen MR) is 72.8 cm³/mol. The van der Waals surface area contributed by atoms with Gasteiger partial charge >= 0.3 is 0 Å². The number of hydrogen-bond acceptors (Lipinski definition) is 1. The van der Waals surface area contributed by atoms with Crippen LogP contribution >= 0.6 is 0 Å². The molecule has 1 aromatic rings. The van der Waals surface area contributed by atoms with Crippen molar-refractivity contribution in [3.8, 4) is 0 Å². The van der Waals surface area contributed by atoms with Gasteiger partial charge in [0, 0.05) is 12.1 Å². The minimum Gasteiger partial charge on any atom is -0.313 e. The van der Waals surface area contributed by atoms with Crippen molar-refractivity contribution in [3.63, 3.8) is 0 Å². The van der Waals surface area contributed by atoms with Crippen LogP contribution in [0.4, 0.5) is 8.78 Å². The molecule has 0 bridgehead atoms. The summed E-state index contributed by atoms with van der Waals surface area (Å²) in [6, 6.07) is 6.47. The Morgan fingerprint density at radius 2 is 1.89 bits per heavy atom. The van der Waals surface area contributed by atoms with Gasteiger partial charge in [-0.15, -0.1) is 0 Å². The monoisotopic (exact) mass is 253 g/mol. The summed E-state index contributed by atoms with van der Waals surface area (Å²) in [5, 5.41) is 3.35. The number of nitrogens with one attached hydrogen (secondary N) is 1. The van der Waals surface area contributed by atoms with Gasteiger partial charge in [-0.3, -0.25) is 0 Å². The van der Waals surface area contributed by atoms with Crippen LogP contribution in [-0.4, -0.2) is 13.1 Å². The lowest BCUT2D eigenvalue weighted by Gasteiger charge is -2.07. The topological polar surface area (TPSA) is 12.0 Å².